The molecule has 0 spiro atoms. The summed E-state index contributed by atoms with van der Waals surface area (Å²) < 4.78 is 4.16. The van der Waals surface area contributed by atoms with Crippen LogP contribution < -0.4 is 0 Å². The normalized spacial score (nSPS) is 18.8. The fourth-order valence-corrected chi connectivity index (χ4v) is 6.63. The number of para-hydroxylation sites is 1. The van der Waals surface area contributed by atoms with Crippen LogP contribution in [0.5, 0.6) is 0 Å². The zero-order valence-corrected chi connectivity index (χ0v) is 21.9. The third-order valence-corrected chi connectivity index (χ3v) is 9.04. The third kappa shape index (κ3) is 3.91. The molecule has 196 valence electrons. The van der Waals surface area contributed by atoms with Gasteiger partial charge < -0.3 is 14.6 Å². The summed E-state index contributed by atoms with van der Waals surface area (Å²) in [5.74, 6) is 0.672. The van der Waals surface area contributed by atoms with Crippen LogP contribution in [0.25, 0.3) is 27.8 Å². The Kier molecular flexibility index (Phi) is 5.57. The van der Waals surface area contributed by atoms with Crippen molar-refractivity contribution in [1.82, 2.24) is 19.1 Å². The first-order valence-corrected chi connectivity index (χ1v) is 14.1. The number of aromatic carboxylic acids is 1. The molecule has 1 aromatic carbocycles. The molecule has 1 N–H and O–H groups in total. The molecule has 4 heterocycles. The number of carboxylic acid groups (broad SMARTS) is 1. The number of pyridine rings is 1. The van der Waals surface area contributed by atoms with Crippen LogP contribution in [0.3, 0.4) is 0 Å². The molecule has 7 nitrogen and oxygen atoms in total. The molecule has 0 atom stereocenters. The number of hydrogen-bond donors (Lipinski definition) is 1. The molecule has 3 fully saturated rings. The molecule has 7 rings (SSSR count). The van der Waals surface area contributed by atoms with Gasteiger partial charge in [-0.1, -0.05) is 37.5 Å². The van der Waals surface area contributed by atoms with Gasteiger partial charge in [0.2, 0.25) is 5.91 Å². The van der Waals surface area contributed by atoms with Crippen LogP contribution in [0.1, 0.15) is 72.3 Å². The van der Waals surface area contributed by atoms with E-state index in [1.54, 1.807) is 16.8 Å². The van der Waals surface area contributed by atoms with E-state index in [1.807, 2.05) is 6.07 Å². The summed E-state index contributed by atoms with van der Waals surface area (Å²) in [6, 6.07) is 12.3. The Bertz CT molecular complexity index is 1570. The minimum atomic E-state index is -0.953. The lowest BCUT2D eigenvalue weighted by molar-refractivity contribution is -0.141. The number of amides is 1. The maximum Gasteiger partial charge on any atom is 0.337 e. The number of aryl methyl sites for hydroxylation is 1. The monoisotopic (exact) mass is 510 g/mol. The van der Waals surface area contributed by atoms with E-state index in [9.17, 15) is 14.7 Å². The zero-order chi connectivity index (χ0) is 26.0. The minimum absolute atomic E-state index is 0.227. The van der Waals surface area contributed by atoms with E-state index in [4.69, 9.17) is 5.10 Å². The van der Waals surface area contributed by atoms with Gasteiger partial charge in [0.15, 0.2) is 0 Å². The lowest BCUT2D eigenvalue weighted by Gasteiger charge is -2.42. The highest BCUT2D eigenvalue weighted by molar-refractivity contribution is 5.92. The van der Waals surface area contributed by atoms with Crippen molar-refractivity contribution in [2.75, 3.05) is 13.1 Å². The minimum Gasteiger partial charge on any atom is -0.478 e. The quantitative estimate of drug-likeness (QED) is 0.351. The molecule has 2 saturated carbocycles. The fraction of sp³-hybridized carbons (Fsp3) is 0.452. The van der Waals surface area contributed by atoms with Crippen molar-refractivity contribution in [3.8, 4) is 11.4 Å². The van der Waals surface area contributed by atoms with Crippen LogP contribution in [-0.4, -0.2) is 49.2 Å². The van der Waals surface area contributed by atoms with E-state index in [0.717, 1.165) is 54.9 Å². The van der Waals surface area contributed by atoms with Gasteiger partial charge in [0.25, 0.3) is 0 Å². The lowest BCUT2D eigenvalue weighted by Crippen LogP contribution is -2.51. The molecule has 2 aliphatic carbocycles. The number of rotatable bonds is 6. The maximum absolute atomic E-state index is 13.1. The van der Waals surface area contributed by atoms with Crippen LogP contribution in [-0.2, 0) is 11.3 Å². The van der Waals surface area contributed by atoms with Gasteiger partial charge in [-0.25, -0.2) is 9.31 Å². The van der Waals surface area contributed by atoms with Gasteiger partial charge in [-0.3, -0.25) is 4.79 Å². The summed E-state index contributed by atoms with van der Waals surface area (Å²) in [7, 11) is 0. The number of aromatic nitrogens is 3. The molecule has 1 aliphatic heterocycles. The number of benzene rings is 1. The van der Waals surface area contributed by atoms with Crippen molar-refractivity contribution < 1.29 is 14.7 Å². The van der Waals surface area contributed by atoms with Gasteiger partial charge in [-0.05, 0) is 62.3 Å². The van der Waals surface area contributed by atoms with Crippen molar-refractivity contribution in [2.24, 2.45) is 11.8 Å². The van der Waals surface area contributed by atoms with E-state index < -0.39 is 5.97 Å². The number of nitrogens with zero attached hydrogens (tertiary/aromatic N) is 4. The largest absolute Gasteiger partial charge is 0.478 e. The Morgan fingerprint density at radius 3 is 2.55 bits per heavy atom. The summed E-state index contributed by atoms with van der Waals surface area (Å²) in [5, 5.41) is 15.5. The van der Waals surface area contributed by atoms with Gasteiger partial charge in [0.05, 0.1) is 22.3 Å². The predicted molar refractivity (Wildman–Crippen MR) is 146 cm³/mol. The molecule has 0 radical (unpaired) electrons. The molecule has 38 heavy (non-hydrogen) atoms. The molecule has 3 aromatic heterocycles. The van der Waals surface area contributed by atoms with Crippen molar-refractivity contribution in [3.63, 3.8) is 0 Å². The molecular formula is C31H34N4O3. The second-order valence-electron chi connectivity index (χ2n) is 11.7. The van der Waals surface area contributed by atoms with E-state index >= 15 is 0 Å². The van der Waals surface area contributed by atoms with E-state index in [1.165, 1.54) is 48.6 Å². The van der Waals surface area contributed by atoms with Crippen LogP contribution >= 0.6 is 0 Å². The number of likely N-dealkylation sites (tertiary alicyclic amines) is 1. The second kappa shape index (κ2) is 9.00. The number of carboxylic acids is 1. The molecular weight excluding hydrogens is 476 g/mol. The fourth-order valence-electron chi connectivity index (χ4n) is 6.63. The first kappa shape index (κ1) is 23.5. The van der Waals surface area contributed by atoms with E-state index in [0.29, 0.717) is 17.7 Å². The first-order valence-electron chi connectivity index (χ1n) is 14.1. The second-order valence-corrected chi connectivity index (χ2v) is 11.7. The average Bonchev–Trinajstić information content (AvgIpc) is 3.57. The van der Waals surface area contributed by atoms with Gasteiger partial charge in [-0.2, -0.15) is 5.10 Å². The number of fused-ring (bicyclic) bond motifs is 2. The lowest BCUT2D eigenvalue weighted by atomic mass is 9.84. The van der Waals surface area contributed by atoms with E-state index in [-0.39, 0.29) is 11.5 Å². The van der Waals surface area contributed by atoms with Crippen LogP contribution in [0.15, 0.2) is 42.6 Å². The van der Waals surface area contributed by atoms with Crippen molar-refractivity contribution in [3.05, 3.63) is 59.3 Å². The molecule has 0 unspecified atom stereocenters. The Hall–Kier alpha value is -3.61. The SMILES string of the molecule is Cc1c(-c2cc3cccc(C4CN(C(=O)C5CCCCC5)C4)c3n2CC2CC2)nn2cc(C(=O)O)ccc12. The maximum atomic E-state index is 13.1. The predicted octanol–water partition coefficient (Wildman–Crippen LogP) is 5.88. The zero-order valence-electron chi connectivity index (χ0n) is 21.9. The number of hydrogen-bond acceptors (Lipinski definition) is 3. The molecule has 3 aliphatic rings. The van der Waals surface area contributed by atoms with Crippen molar-refractivity contribution in [1.29, 1.82) is 0 Å². The summed E-state index contributed by atoms with van der Waals surface area (Å²) >= 11 is 0. The first-order chi connectivity index (χ1) is 18.5. The van der Waals surface area contributed by atoms with Crippen LogP contribution in [0.4, 0.5) is 0 Å². The number of carbonyl (C=O) groups is 2. The average molecular weight is 511 g/mol. The molecule has 7 heteroatoms. The molecule has 4 aromatic rings. The summed E-state index contributed by atoms with van der Waals surface area (Å²) in [6.07, 6.45) is 9.84. The standard InChI is InChI=1S/C31H34N4O3/c1-19-26-13-12-23(31(37)38)18-35(26)32-28(19)27-14-22-8-5-9-25(29(22)34(27)15-20-10-11-20)24-16-33(17-24)30(36)21-6-3-2-4-7-21/h5,8-9,12-14,18,20-21,24H,2-4,6-7,10-11,15-17H2,1H3,(H,37,38). The van der Waals surface area contributed by atoms with Gasteiger partial charge in [-0.15, -0.1) is 0 Å². The highest BCUT2D eigenvalue weighted by Gasteiger charge is 2.37. The Morgan fingerprint density at radius 2 is 1.82 bits per heavy atom. The Morgan fingerprint density at radius 1 is 1.03 bits per heavy atom. The van der Waals surface area contributed by atoms with E-state index in [2.05, 4.69) is 40.7 Å². The summed E-state index contributed by atoms with van der Waals surface area (Å²) in [5.41, 5.74) is 6.79. The highest BCUT2D eigenvalue weighted by Crippen LogP contribution is 2.41. The van der Waals surface area contributed by atoms with Crippen molar-refractivity contribution >= 4 is 28.3 Å². The number of carbonyl (C=O) groups excluding carboxylic acids is 1. The molecule has 1 saturated heterocycles. The topological polar surface area (TPSA) is 79.8 Å². The van der Waals surface area contributed by atoms with Crippen LogP contribution in [0.2, 0.25) is 0 Å². The molecule has 1 amide bonds. The Labute approximate surface area is 222 Å². The summed E-state index contributed by atoms with van der Waals surface area (Å²) in [4.78, 5) is 26.7. The van der Waals surface area contributed by atoms with Gasteiger partial charge >= 0.3 is 5.97 Å². The Balaban J connectivity index is 1.26. The molecule has 0 bridgehead atoms. The van der Waals surface area contributed by atoms with Gasteiger partial charge in [0.1, 0.15) is 5.69 Å². The third-order valence-electron chi connectivity index (χ3n) is 9.04. The smallest absolute Gasteiger partial charge is 0.337 e. The van der Waals surface area contributed by atoms with Crippen LogP contribution in [0, 0.1) is 18.8 Å². The summed E-state index contributed by atoms with van der Waals surface area (Å²) in [6.45, 7) is 4.65. The van der Waals surface area contributed by atoms with Crippen molar-refractivity contribution in [2.45, 2.75) is 64.3 Å². The van der Waals surface area contributed by atoms with Gasteiger partial charge in [0, 0.05) is 48.6 Å². The highest BCUT2D eigenvalue weighted by atomic mass is 16.4.